The predicted molar refractivity (Wildman–Crippen MR) is 106 cm³/mol. The van der Waals surface area contributed by atoms with Crippen molar-refractivity contribution in [3.63, 3.8) is 0 Å². The van der Waals surface area contributed by atoms with Gasteiger partial charge in [0.15, 0.2) is 5.78 Å². The molecule has 6 heteroatoms. The Kier molecular flexibility index (Phi) is 5.26. The van der Waals surface area contributed by atoms with Crippen molar-refractivity contribution < 1.29 is 9.59 Å². The summed E-state index contributed by atoms with van der Waals surface area (Å²) in [6.07, 6.45) is 0. The fourth-order valence-corrected chi connectivity index (χ4v) is 2.57. The van der Waals surface area contributed by atoms with Gasteiger partial charge in [0.25, 0.3) is 5.91 Å². The van der Waals surface area contributed by atoms with Crippen molar-refractivity contribution in [3.05, 3.63) is 77.6 Å². The van der Waals surface area contributed by atoms with Gasteiger partial charge in [-0.2, -0.15) is 0 Å². The SMILES string of the molecule is CC(=O)c1ccc(NC(=O)c2cc(C)nc(N(C)c3ccccc3)n2)cc1. The molecule has 1 aromatic heterocycles. The van der Waals surface area contributed by atoms with Gasteiger partial charge in [-0.3, -0.25) is 9.59 Å². The second-order valence-electron chi connectivity index (χ2n) is 6.18. The van der Waals surface area contributed by atoms with Crippen LogP contribution in [0.25, 0.3) is 0 Å². The quantitative estimate of drug-likeness (QED) is 0.696. The molecule has 0 aliphatic rings. The first-order chi connectivity index (χ1) is 12.9. The number of benzene rings is 2. The number of ketones is 1. The summed E-state index contributed by atoms with van der Waals surface area (Å²) in [6, 6.07) is 18.1. The van der Waals surface area contributed by atoms with Gasteiger partial charge < -0.3 is 10.2 Å². The molecular weight excluding hydrogens is 340 g/mol. The molecule has 0 unspecified atom stereocenters. The largest absolute Gasteiger partial charge is 0.321 e. The van der Waals surface area contributed by atoms with Crippen LogP contribution in [0.3, 0.4) is 0 Å². The number of hydrogen-bond donors (Lipinski definition) is 1. The van der Waals surface area contributed by atoms with Crippen LogP contribution in [0.1, 0.15) is 33.5 Å². The summed E-state index contributed by atoms with van der Waals surface area (Å²) in [4.78, 5) is 34.6. The smallest absolute Gasteiger partial charge is 0.274 e. The van der Waals surface area contributed by atoms with Crippen molar-refractivity contribution in [2.24, 2.45) is 0 Å². The Hall–Kier alpha value is -3.54. The average Bonchev–Trinajstić information content (AvgIpc) is 2.68. The van der Waals surface area contributed by atoms with Gasteiger partial charge in [0.1, 0.15) is 5.69 Å². The molecule has 0 saturated heterocycles. The maximum absolute atomic E-state index is 12.6. The fraction of sp³-hybridized carbons (Fsp3) is 0.143. The monoisotopic (exact) mass is 360 g/mol. The summed E-state index contributed by atoms with van der Waals surface area (Å²) in [5, 5.41) is 2.80. The van der Waals surface area contributed by atoms with E-state index < -0.39 is 0 Å². The number of rotatable bonds is 5. The summed E-state index contributed by atoms with van der Waals surface area (Å²) < 4.78 is 0. The number of carbonyl (C=O) groups is 2. The zero-order valence-electron chi connectivity index (χ0n) is 15.4. The van der Waals surface area contributed by atoms with Gasteiger partial charge in [0, 0.05) is 29.7 Å². The molecule has 0 atom stereocenters. The van der Waals surface area contributed by atoms with Crippen LogP contribution in [0.5, 0.6) is 0 Å². The highest BCUT2D eigenvalue weighted by Crippen LogP contribution is 2.20. The van der Waals surface area contributed by atoms with E-state index in [1.165, 1.54) is 6.92 Å². The number of amides is 1. The second-order valence-corrected chi connectivity index (χ2v) is 6.18. The maximum Gasteiger partial charge on any atom is 0.274 e. The molecule has 0 fully saturated rings. The van der Waals surface area contributed by atoms with Gasteiger partial charge in [0.2, 0.25) is 5.95 Å². The highest BCUT2D eigenvalue weighted by Gasteiger charge is 2.14. The van der Waals surface area contributed by atoms with Crippen LogP contribution in [0.15, 0.2) is 60.7 Å². The van der Waals surface area contributed by atoms with E-state index in [4.69, 9.17) is 0 Å². The number of anilines is 3. The summed E-state index contributed by atoms with van der Waals surface area (Å²) in [5.41, 5.74) is 3.09. The molecule has 6 nitrogen and oxygen atoms in total. The van der Waals surface area contributed by atoms with Crippen molar-refractivity contribution >= 4 is 29.0 Å². The third kappa shape index (κ3) is 4.36. The zero-order valence-corrected chi connectivity index (χ0v) is 15.4. The van der Waals surface area contributed by atoms with E-state index in [0.29, 0.717) is 22.9 Å². The van der Waals surface area contributed by atoms with Gasteiger partial charge in [-0.1, -0.05) is 18.2 Å². The van der Waals surface area contributed by atoms with E-state index in [1.54, 1.807) is 30.3 Å². The molecule has 1 heterocycles. The van der Waals surface area contributed by atoms with Gasteiger partial charge in [0.05, 0.1) is 0 Å². The summed E-state index contributed by atoms with van der Waals surface area (Å²) in [5.74, 6) is 0.0879. The van der Waals surface area contributed by atoms with Gasteiger partial charge in [-0.25, -0.2) is 9.97 Å². The lowest BCUT2D eigenvalue weighted by molar-refractivity contribution is 0.101. The number of carbonyl (C=O) groups excluding carboxylic acids is 2. The molecule has 27 heavy (non-hydrogen) atoms. The number of nitrogens with zero attached hydrogens (tertiary/aromatic N) is 3. The number of hydrogen-bond acceptors (Lipinski definition) is 5. The Morgan fingerprint density at radius 2 is 1.63 bits per heavy atom. The highest BCUT2D eigenvalue weighted by atomic mass is 16.2. The van der Waals surface area contributed by atoms with Crippen molar-refractivity contribution in [3.8, 4) is 0 Å². The van der Waals surface area contributed by atoms with E-state index in [1.807, 2.05) is 49.2 Å². The summed E-state index contributed by atoms with van der Waals surface area (Å²) in [6.45, 7) is 3.32. The van der Waals surface area contributed by atoms with Crippen LogP contribution in [-0.4, -0.2) is 28.7 Å². The minimum Gasteiger partial charge on any atom is -0.321 e. The van der Waals surface area contributed by atoms with Crippen molar-refractivity contribution in [2.45, 2.75) is 13.8 Å². The molecule has 0 spiro atoms. The second kappa shape index (κ2) is 7.78. The minimum absolute atomic E-state index is 0.0205. The lowest BCUT2D eigenvalue weighted by Crippen LogP contribution is -2.19. The summed E-state index contributed by atoms with van der Waals surface area (Å²) in [7, 11) is 1.85. The molecule has 136 valence electrons. The Bertz CT molecular complexity index is 969. The number of Topliss-reactive ketones (excluding diaryl/α,β-unsaturated/α-hetero) is 1. The predicted octanol–water partition coefficient (Wildman–Crippen LogP) is 4.01. The van der Waals surface area contributed by atoms with Crippen molar-refractivity contribution in [2.75, 3.05) is 17.3 Å². The standard InChI is InChI=1S/C21H20N4O2/c1-14-13-19(20(27)23-17-11-9-16(10-12-17)15(2)26)24-21(22-14)25(3)18-7-5-4-6-8-18/h4-13H,1-3H3,(H,23,27). The Labute approximate surface area is 157 Å². The van der Waals surface area contributed by atoms with Crippen LogP contribution in [-0.2, 0) is 0 Å². The Morgan fingerprint density at radius 3 is 2.26 bits per heavy atom. The van der Waals surface area contributed by atoms with Crippen LogP contribution in [0, 0.1) is 6.92 Å². The first-order valence-corrected chi connectivity index (χ1v) is 8.51. The third-order valence-electron chi connectivity index (χ3n) is 4.07. The number of nitrogens with one attached hydrogen (secondary N) is 1. The lowest BCUT2D eigenvalue weighted by atomic mass is 10.1. The molecule has 0 bridgehead atoms. The molecule has 0 saturated carbocycles. The molecule has 1 N–H and O–H groups in total. The van der Waals surface area contributed by atoms with E-state index in [-0.39, 0.29) is 17.4 Å². The highest BCUT2D eigenvalue weighted by molar-refractivity contribution is 6.03. The van der Waals surface area contributed by atoms with Crippen LogP contribution in [0.2, 0.25) is 0 Å². The van der Waals surface area contributed by atoms with Crippen LogP contribution < -0.4 is 10.2 Å². The van der Waals surface area contributed by atoms with E-state index >= 15 is 0 Å². The van der Waals surface area contributed by atoms with Gasteiger partial charge >= 0.3 is 0 Å². The van der Waals surface area contributed by atoms with Crippen molar-refractivity contribution in [1.29, 1.82) is 0 Å². The van der Waals surface area contributed by atoms with E-state index in [2.05, 4.69) is 15.3 Å². The fourth-order valence-electron chi connectivity index (χ4n) is 2.57. The zero-order chi connectivity index (χ0) is 19.4. The third-order valence-corrected chi connectivity index (χ3v) is 4.07. The molecule has 3 rings (SSSR count). The maximum atomic E-state index is 12.6. The minimum atomic E-state index is -0.334. The molecule has 2 aromatic carbocycles. The van der Waals surface area contributed by atoms with Crippen LogP contribution in [0.4, 0.5) is 17.3 Å². The molecular formula is C21H20N4O2. The molecule has 1 amide bonds. The molecule has 3 aromatic rings. The number of para-hydroxylation sites is 1. The first kappa shape index (κ1) is 18.3. The van der Waals surface area contributed by atoms with Gasteiger partial charge in [-0.05, 0) is 56.3 Å². The van der Waals surface area contributed by atoms with Crippen molar-refractivity contribution in [1.82, 2.24) is 9.97 Å². The molecule has 0 aliphatic carbocycles. The Morgan fingerprint density at radius 1 is 0.963 bits per heavy atom. The Balaban J connectivity index is 1.82. The topological polar surface area (TPSA) is 75.2 Å². The number of aryl methyl sites for hydroxylation is 1. The van der Waals surface area contributed by atoms with E-state index in [0.717, 1.165) is 5.69 Å². The average molecular weight is 360 g/mol. The molecule has 0 aliphatic heterocycles. The van der Waals surface area contributed by atoms with Gasteiger partial charge in [-0.15, -0.1) is 0 Å². The molecule has 0 radical (unpaired) electrons. The summed E-state index contributed by atoms with van der Waals surface area (Å²) >= 11 is 0. The lowest BCUT2D eigenvalue weighted by Gasteiger charge is -2.18. The van der Waals surface area contributed by atoms with E-state index in [9.17, 15) is 9.59 Å². The number of aromatic nitrogens is 2. The normalized spacial score (nSPS) is 10.3. The van der Waals surface area contributed by atoms with Crippen LogP contribution >= 0.6 is 0 Å². The first-order valence-electron chi connectivity index (χ1n) is 8.51.